The Balaban J connectivity index is 1.82. The number of hydrogen-bond donors (Lipinski definition) is 4. The van der Waals surface area contributed by atoms with Crippen molar-refractivity contribution in [3.8, 4) is 5.75 Å². The second-order valence-electron chi connectivity index (χ2n) is 8.28. The number of carbonyl (C=O) groups excluding carboxylic acids is 2. The highest BCUT2D eigenvalue weighted by molar-refractivity contribution is 5.91. The van der Waals surface area contributed by atoms with Crippen LogP contribution >= 0.6 is 0 Å². The number of carbonyl (C=O) groups is 3. The molecule has 0 saturated carbocycles. The Morgan fingerprint density at radius 3 is 2.58 bits per heavy atom. The van der Waals surface area contributed by atoms with Gasteiger partial charge in [-0.05, 0) is 63.8 Å². The molecule has 0 radical (unpaired) electrons. The summed E-state index contributed by atoms with van der Waals surface area (Å²) in [7, 11) is 1.57. The van der Waals surface area contributed by atoms with Crippen molar-refractivity contribution in [2.45, 2.75) is 58.1 Å². The first kappa shape index (κ1) is 24.0. The van der Waals surface area contributed by atoms with Gasteiger partial charge in [-0.15, -0.1) is 0 Å². The minimum atomic E-state index is -1.09. The number of carboxylic acid groups (broad SMARTS) is 1. The van der Waals surface area contributed by atoms with E-state index >= 15 is 0 Å². The van der Waals surface area contributed by atoms with Gasteiger partial charge < -0.3 is 30.2 Å². The number of amides is 2. The summed E-state index contributed by atoms with van der Waals surface area (Å²) in [6.45, 7) is 5.70. The molecule has 1 aromatic carbocycles. The SMILES string of the molecule is COc1ccc2[nH]cc(CC(=O)N[C@@H](CCCCNC(=O)OC(C)(C)C)C(=O)O)c2c1. The molecule has 170 valence electrons. The molecular weight excluding hydrogens is 402 g/mol. The monoisotopic (exact) mass is 433 g/mol. The second kappa shape index (κ2) is 10.7. The van der Waals surface area contributed by atoms with Crippen molar-refractivity contribution in [2.75, 3.05) is 13.7 Å². The van der Waals surface area contributed by atoms with Crippen LogP contribution in [-0.2, 0) is 20.7 Å². The number of fused-ring (bicyclic) bond motifs is 1. The molecule has 0 spiro atoms. The highest BCUT2D eigenvalue weighted by atomic mass is 16.6. The molecule has 0 saturated heterocycles. The van der Waals surface area contributed by atoms with Crippen molar-refractivity contribution in [1.29, 1.82) is 0 Å². The molecule has 2 amide bonds. The summed E-state index contributed by atoms with van der Waals surface area (Å²) in [6, 6.07) is 4.52. The third kappa shape index (κ3) is 7.84. The first-order valence-corrected chi connectivity index (χ1v) is 10.2. The van der Waals surface area contributed by atoms with Gasteiger partial charge in [-0.3, -0.25) is 4.79 Å². The van der Waals surface area contributed by atoms with E-state index in [1.54, 1.807) is 34.1 Å². The van der Waals surface area contributed by atoms with Crippen molar-refractivity contribution in [3.63, 3.8) is 0 Å². The van der Waals surface area contributed by atoms with Gasteiger partial charge in [-0.25, -0.2) is 9.59 Å². The van der Waals surface area contributed by atoms with E-state index in [-0.39, 0.29) is 18.7 Å². The number of benzene rings is 1. The number of alkyl carbamates (subject to hydrolysis) is 1. The number of nitrogens with one attached hydrogen (secondary N) is 3. The standard InChI is InChI=1S/C22H31N3O6/c1-22(2,3)31-21(29)23-10-6-5-7-18(20(27)28)25-19(26)11-14-13-24-17-9-8-15(30-4)12-16(14)17/h8-9,12-13,18,24H,5-7,10-11H2,1-4H3,(H,23,29)(H,25,26)(H,27,28)/t18-/m0/s1. The normalized spacial score (nSPS) is 12.3. The topological polar surface area (TPSA) is 130 Å². The minimum absolute atomic E-state index is 0.0527. The zero-order chi connectivity index (χ0) is 23.0. The number of unbranched alkanes of at least 4 members (excludes halogenated alkanes) is 1. The maximum Gasteiger partial charge on any atom is 0.407 e. The average molecular weight is 434 g/mol. The van der Waals surface area contributed by atoms with Crippen molar-refractivity contribution < 1.29 is 29.0 Å². The Hall–Kier alpha value is -3.23. The molecule has 0 aliphatic rings. The molecule has 2 rings (SSSR count). The fourth-order valence-electron chi connectivity index (χ4n) is 3.08. The number of ether oxygens (including phenoxy) is 2. The molecule has 9 nitrogen and oxygen atoms in total. The molecule has 31 heavy (non-hydrogen) atoms. The lowest BCUT2D eigenvalue weighted by Gasteiger charge is -2.19. The van der Waals surface area contributed by atoms with Crippen LogP contribution in [0, 0.1) is 0 Å². The number of aromatic nitrogens is 1. The van der Waals surface area contributed by atoms with Gasteiger partial charge in [0.2, 0.25) is 5.91 Å². The van der Waals surface area contributed by atoms with Gasteiger partial charge >= 0.3 is 12.1 Å². The number of H-pyrrole nitrogens is 1. The van der Waals surface area contributed by atoms with Gasteiger partial charge in [0.25, 0.3) is 0 Å². The fourth-order valence-corrected chi connectivity index (χ4v) is 3.08. The van der Waals surface area contributed by atoms with Gasteiger partial charge in [-0.1, -0.05) is 0 Å². The summed E-state index contributed by atoms with van der Waals surface area (Å²) in [4.78, 5) is 38.7. The van der Waals surface area contributed by atoms with E-state index in [4.69, 9.17) is 9.47 Å². The van der Waals surface area contributed by atoms with Gasteiger partial charge in [0.1, 0.15) is 17.4 Å². The summed E-state index contributed by atoms with van der Waals surface area (Å²) in [6.07, 6.45) is 2.64. The summed E-state index contributed by atoms with van der Waals surface area (Å²) in [5.41, 5.74) is 1.06. The molecular formula is C22H31N3O6. The van der Waals surface area contributed by atoms with Crippen LogP contribution in [0.5, 0.6) is 5.75 Å². The molecule has 9 heteroatoms. The molecule has 0 aliphatic heterocycles. The van der Waals surface area contributed by atoms with E-state index < -0.39 is 23.7 Å². The maximum atomic E-state index is 12.4. The molecule has 0 unspecified atom stereocenters. The zero-order valence-corrected chi connectivity index (χ0v) is 18.4. The fraction of sp³-hybridized carbons (Fsp3) is 0.500. The summed E-state index contributed by atoms with van der Waals surface area (Å²) in [5, 5.41) is 15.5. The van der Waals surface area contributed by atoms with E-state index in [0.29, 0.717) is 25.1 Å². The quantitative estimate of drug-likeness (QED) is 0.426. The van der Waals surface area contributed by atoms with Gasteiger partial charge in [0.05, 0.1) is 13.5 Å². The third-order valence-electron chi connectivity index (χ3n) is 4.55. The number of methoxy groups -OCH3 is 1. The number of hydrogen-bond acceptors (Lipinski definition) is 5. The highest BCUT2D eigenvalue weighted by Crippen LogP contribution is 2.24. The summed E-state index contributed by atoms with van der Waals surface area (Å²) in [5.74, 6) is -0.783. The number of aromatic amines is 1. The third-order valence-corrected chi connectivity index (χ3v) is 4.55. The van der Waals surface area contributed by atoms with Crippen LogP contribution in [-0.4, -0.2) is 53.4 Å². The van der Waals surface area contributed by atoms with E-state index in [0.717, 1.165) is 16.5 Å². The van der Waals surface area contributed by atoms with Crippen LogP contribution in [0.1, 0.15) is 45.6 Å². The van der Waals surface area contributed by atoms with Crippen LogP contribution in [0.25, 0.3) is 10.9 Å². The van der Waals surface area contributed by atoms with Crippen LogP contribution in [0.15, 0.2) is 24.4 Å². The van der Waals surface area contributed by atoms with Gasteiger partial charge in [-0.2, -0.15) is 0 Å². The second-order valence-corrected chi connectivity index (χ2v) is 8.28. The number of carboxylic acids is 1. The predicted octanol–water partition coefficient (Wildman–Crippen LogP) is 2.98. The Labute approximate surface area is 181 Å². The van der Waals surface area contributed by atoms with Crippen LogP contribution in [0.3, 0.4) is 0 Å². The van der Waals surface area contributed by atoms with E-state index in [1.807, 2.05) is 18.2 Å². The molecule has 4 N–H and O–H groups in total. The molecule has 2 aromatic rings. The summed E-state index contributed by atoms with van der Waals surface area (Å²) < 4.78 is 10.4. The van der Waals surface area contributed by atoms with E-state index in [2.05, 4.69) is 15.6 Å². The molecule has 1 atom stereocenters. The lowest BCUT2D eigenvalue weighted by atomic mass is 10.1. The molecule has 1 heterocycles. The lowest BCUT2D eigenvalue weighted by Crippen LogP contribution is -2.41. The van der Waals surface area contributed by atoms with Crippen LogP contribution in [0.4, 0.5) is 4.79 Å². The Morgan fingerprint density at radius 2 is 1.94 bits per heavy atom. The lowest BCUT2D eigenvalue weighted by molar-refractivity contribution is -0.142. The van der Waals surface area contributed by atoms with Crippen molar-refractivity contribution in [2.24, 2.45) is 0 Å². The maximum absolute atomic E-state index is 12.4. The molecule has 0 fully saturated rings. The first-order valence-electron chi connectivity index (χ1n) is 10.2. The Morgan fingerprint density at radius 1 is 1.19 bits per heavy atom. The molecule has 0 aliphatic carbocycles. The molecule has 1 aromatic heterocycles. The zero-order valence-electron chi connectivity index (χ0n) is 18.4. The van der Waals surface area contributed by atoms with E-state index in [9.17, 15) is 19.5 Å². The largest absolute Gasteiger partial charge is 0.497 e. The Bertz CT molecular complexity index is 916. The van der Waals surface area contributed by atoms with Crippen molar-refractivity contribution in [1.82, 2.24) is 15.6 Å². The van der Waals surface area contributed by atoms with Crippen molar-refractivity contribution >= 4 is 28.9 Å². The van der Waals surface area contributed by atoms with Crippen LogP contribution < -0.4 is 15.4 Å². The smallest absolute Gasteiger partial charge is 0.407 e. The van der Waals surface area contributed by atoms with Gasteiger partial charge in [0.15, 0.2) is 0 Å². The number of rotatable bonds is 10. The predicted molar refractivity (Wildman–Crippen MR) is 116 cm³/mol. The van der Waals surface area contributed by atoms with Gasteiger partial charge in [0, 0.05) is 23.6 Å². The Kier molecular flexibility index (Phi) is 8.30. The van der Waals surface area contributed by atoms with Crippen LogP contribution in [0.2, 0.25) is 0 Å². The summed E-state index contributed by atoms with van der Waals surface area (Å²) >= 11 is 0. The highest BCUT2D eigenvalue weighted by Gasteiger charge is 2.21. The van der Waals surface area contributed by atoms with Crippen molar-refractivity contribution in [3.05, 3.63) is 30.0 Å². The first-order chi connectivity index (χ1) is 14.6. The molecule has 0 bridgehead atoms. The number of aliphatic carboxylic acids is 1. The average Bonchev–Trinajstić information content (AvgIpc) is 3.07. The van der Waals surface area contributed by atoms with E-state index in [1.165, 1.54) is 0 Å². The minimum Gasteiger partial charge on any atom is -0.497 e.